The lowest BCUT2D eigenvalue weighted by Crippen LogP contribution is -2.47. The number of amides is 3. The lowest BCUT2D eigenvalue weighted by molar-refractivity contribution is -0.147. The van der Waals surface area contributed by atoms with Crippen LogP contribution in [0.3, 0.4) is 0 Å². The first-order valence-electron chi connectivity index (χ1n) is 9.15. The Hall–Kier alpha value is -2.57. The van der Waals surface area contributed by atoms with Crippen molar-refractivity contribution in [2.45, 2.75) is 51.1 Å². The molecule has 0 aromatic heterocycles. The van der Waals surface area contributed by atoms with Crippen molar-refractivity contribution in [3.63, 3.8) is 0 Å². The molecule has 0 saturated heterocycles. The van der Waals surface area contributed by atoms with Crippen LogP contribution in [0.25, 0.3) is 0 Å². The van der Waals surface area contributed by atoms with Gasteiger partial charge in [-0.15, -0.1) is 0 Å². The van der Waals surface area contributed by atoms with Gasteiger partial charge in [-0.3, -0.25) is 4.79 Å². The minimum Gasteiger partial charge on any atom is -0.464 e. The molecule has 1 atom stereocenters. The van der Waals surface area contributed by atoms with Crippen LogP contribution in [-0.2, 0) is 14.3 Å². The molecule has 2 rings (SSSR count). The van der Waals surface area contributed by atoms with Crippen molar-refractivity contribution < 1.29 is 19.1 Å². The van der Waals surface area contributed by atoms with Crippen molar-refractivity contribution in [2.24, 2.45) is 0 Å². The summed E-state index contributed by atoms with van der Waals surface area (Å²) in [4.78, 5) is 36.2. The second-order valence-electron chi connectivity index (χ2n) is 6.33. The third-order valence-corrected chi connectivity index (χ3v) is 4.31. The van der Waals surface area contributed by atoms with Crippen LogP contribution in [-0.4, -0.2) is 37.1 Å². The smallest absolute Gasteiger partial charge is 0.333 e. The van der Waals surface area contributed by atoms with Gasteiger partial charge in [-0.1, -0.05) is 49.6 Å². The van der Waals surface area contributed by atoms with Crippen LogP contribution in [0.2, 0.25) is 0 Å². The molecule has 0 heterocycles. The van der Waals surface area contributed by atoms with E-state index in [0.29, 0.717) is 5.56 Å². The number of hydrogen-bond donors (Lipinski definition) is 3. The van der Waals surface area contributed by atoms with Gasteiger partial charge in [-0.25, -0.2) is 9.59 Å². The van der Waals surface area contributed by atoms with Crippen LogP contribution in [0.15, 0.2) is 30.3 Å². The Bertz CT molecular complexity index is 600. The first-order chi connectivity index (χ1) is 12.6. The molecule has 142 valence electrons. The molecule has 0 radical (unpaired) electrons. The van der Waals surface area contributed by atoms with Crippen molar-refractivity contribution in [2.75, 3.05) is 13.2 Å². The van der Waals surface area contributed by atoms with Crippen molar-refractivity contribution >= 4 is 17.9 Å². The standard InChI is InChI=1S/C19H27N3O4/c1-2-26-18(24)17(14-9-5-3-6-10-14)22-16(23)13-20-19(25)21-15-11-7-4-8-12-15/h3,5-6,9-10,15,17H,2,4,7-8,11-13H2,1H3,(H,22,23)(H2,20,21,25)/t17-/m1/s1. The van der Waals surface area contributed by atoms with Crippen molar-refractivity contribution in [1.82, 2.24) is 16.0 Å². The van der Waals surface area contributed by atoms with Crippen LogP contribution in [0.4, 0.5) is 4.79 Å². The van der Waals surface area contributed by atoms with E-state index in [0.717, 1.165) is 25.7 Å². The normalized spacial score (nSPS) is 15.6. The van der Waals surface area contributed by atoms with Gasteiger partial charge in [0, 0.05) is 6.04 Å². The largest absolute Gasteiger partial charge is 0.464 e. The molecule has 0 aliphatic heterocycles. The number of urea groups is 1. The molecule has 7 nitrogen and oxygen atoms in total. The van der Waals surface area contributed by atoms with Crippen LogP contribution >= 0.6 is 0 Å². The molecule has 3 amide bonds. The molecule has 1 fully saturated rings. The van der Waals surface area contributed by atoms with Crippen molar-refractivity contribution in [3.05, 3.63) is 35.9 Å². The highest BCUT2D eigenvalue weighted by molar-refractivity contribution is 5.88. The Morgan fingerprint density at radius 2 is 1.81 bits per heavy atom. The van der Waals surface area contributed by atoms with E-state index in [1.807, 2.05) is 6.07 Å². The quantitative estimate of drug-likeness (QED) is 0.648. The lowest BCUT2D eigenvalue weighted by atomic mass is 9.96. The van der Waals surface area contributed by atoms with E-state index in [1.165, 1.54) is 6.42 Å². The maximum absolute atomic E-state index is 12.2. The molecule has 0 bridgehead atoms. The minimum absolute atomic E-state index is 0.170. The van der Waals surface area contributed by atoms with E-state index in [4.69, 9.17) is 4.74 Å². The highest BCUT2D eigenvalue weighted by atomic mass is 16.5. The van der Waals surface area contributed by atoms with Crippen LogP contribution in [0.1, 0.15) is 50.6 Å². The van der Waals surface area contributed by atoms with E-state index in [1.54, 1.807) is 31.2 Å². The fourth-order valence-corrected chi connectivity index (χ4v) is 3.01. The monoisotopic (exact) mass is 361 g/mol. The first-order valence-corrected chi connectivity index (χ1v) is 9.15. The fraction of sp³-hybridized carbons (Fsp3) is 0.526. The predicted octanol–water partition coefficient (Wildman–Crippen LogP) is 2.04. The molecule has 0 spiro atoms. The summed E-state index contributed by atoms with van der Waals surface area (Å²) in [5, 5.41) is 8.04. The molecule has 1 aromatic rings. The fourth-order valence-electron chi connectivity index (χ4n) is 3.01. The van der Waals surface area contributed by atoms with Gasteiger partial charge in [0.25, 0.3) is 0 Å². The zero-order valence-electron chi connectivity index (χ0n) is 15.1. The van der Waals surface area contributed by atoms with Gasteiger partial charge in [-0.2, -0.15) is 0 Å². The van der Waals surface area contributed by atoms with E-state index in [-0.39, 0.29) is 25.2 Å². The van der Waals surface area contributed by atoms with Crippen LogP contribution < -0.4 is 16.0 Å². The van der Waals surface area contributed by atoms with Crippen molar-refractivity contribution in [1.29, 1.82) is 0 Å². The highest BCUT2D eigenvalue weighted by Gasteiger charge is 2.24. The summed E-state index contributed by atoms with van der Waals surface area (Å²) in [5.74, 6) is -0.982. The number of hydrogen-bond acceptors (Lipinski definition) is 4. The maximum atomic E-state index is 12.2. The molecule has 26 heavy (non-hydrogen) atoms. The summed E-state index contributed by atoms with van der Waals surface area (Å²) < 4.78 is 5.03. The summed E-state index contributed by atoms with van der Waals surface area (Å²) in [5.41, 5.74) is 0.631. The molecule has 1 aromatic carbocycles. The van der Waals surface area contributed by atoms with Gasteiger partial charge in [0.2, 0.25) is 5.91 Å². The van der Waals surface area contributed by atoms with Crippen LogP contribution in [0, 0.1) is 0 Å². The van der Waals surface area contributed by atoms with E-state index in [2.05, 4.69) is 16.0 Å². The molecule has 1 aliphatic carbocycles. The zero-order chi connectivity index (χ0) is 18.8. The van der Waals surface area contributed by atoms with E-state index >= 15 is 0 Å². The van der Waals surface area contributed by atoms with Gasteiger partial charge in [0.05, 0.1) is 13.2 Å². The van der Waals surface area contributed by atoms with E-state index in [9.17, 15) is 14.4 Å². The second kappa shape index (κ2) is 10.4. The van der Waals surface area contributed by atoms with Gasteiger partial charge in [0.15, 0.2) is 6.04 Å². The molecule has 7 heteroatoms. The summed E-state index contributed by atoms with van der Waals surface area (Å²) >= 11 is 0. The molecular formula is C19H27N3O4. The Morgan fingerprint density at radius 1 is 1.12 bits per heavy atom. The maximum Gasteiger partial charge on any atom is 0.333 e. The summed E-state index contributed by atoms with van der Waals surface area (Å²) in [7, 11) is 0. The Morgan fingerprint density at radius 3 is 2.46 bits per heavy atom. The topological polar surface area (TPSA) is 96.5 Å². The average Bonchev–Trinajstić information content (AvgIpc) is 2.66. The number of carbonyl (C=O) groups is 3. The zero-order valence-corrected chi connectivity index (χ0v) is 15.1. The Labute approximate surface area is 153 Å². The molecule has 1 aliphatic rings. The molecule has 3 N–H and O–H groups in total. The number of benzene rings is 1. The number of carbonyl (C=O) groups excluding carboxylic acids is 3. The lowest BCUT2D eigenvalue weighted by Gasteiger charge is -2.23. The average molecular weight is 361 g/mol. The number of esters is 1. The Balaban J connectivity index is 1.84. The molecular weight excluding hydrogens is 334 g/mol. The summed E-state index contributed by atoms with van der Waals surface area (Å²) in [6, 6.07) is 7.78. The third-order valence-electron chi connectivity index (χ3n) is 4.31. The molecule has 1 saturated carbocycles. The van der Waals surface area contributed by atoms with Crippen LogP contribution in [0.5, 0.6) is 0 Å². The SMILES string of the molecule is CCOC(=O)[C@H](NC(=O)CNC(=O)NC1CCCCC1)c1ccccc1. The summed E-state index contributed by atoms with van der Waals surface area (Å²) in [6.45, 7) is 1.72. The van der Waals surface area contributed by atoms with Gasteiger partial charge < -0.3 is 20.7 Å². The number of rotatable bonds is 7. The van der Waals surface area contributed by atoms with E-state index < -0.39 is 17.9 Å². The number of nitrogens with one attached hydrogen (secondary N) is 3. The second-order valence-corrected chi connectivity index (χ2v) is 6.33. The van der Waals surface area contributed by atoms with Gasteiger partial charge >= 0.3 is 12.0 Å². The minimum atomic E-state index is -0.896. The van der Waals surface area contributed by atoms with Gasteiger partial charge in [0.1, 0.15) is 0 Å². The first kappa shape index (κ1) is 19.8. The van der Waals surface area contributed by atoms with Gasteiger partial charge in [-0.05, 0) is 25.3 Å². The third kappa shape index (κ3) is 6.38. The molecule has 0 unspecified atom stereocenters. The van der Waals surface area contributed by atoms with Crippen molar-refractivity contribution in [3.8, 4) is 0 Å². The Kier molecular flexibility index (Phi) is 7.92. The number of ether oxygens (including phenoxy) is 1. The predicted molar refractivity (Wildman–Crippen MR) is 97.4 cm³/mol. The summed E-state index contributed by atoms with van der Waals surface area (Å²) in [6.07, 6.45) is 5.38. The highest BCUT2D eigenvalue weighted by Crippen LogP contribution is 2.17.